The molecule has 10 nitrogen and oxygen atoms in total. The van der Waals surface area contributed by atoms with Crippen molar-refractivity contribution in [3.63, 3.8) is 0 Å². The van der Waals surface area contributed by atoms with Crippen LogP contribution in [0.25, 0.3) is 10.9 Å². The number of nitrogens with one attached hydrogen (secondary N) is 1. The van der Waals surface area contributed by atoms with Gasteiger partial charge in [-0.2, -0.15) is 5.10 Å². The largest absolute Gasteiger partial charge is 0.328 e. The lowest BCUT2D eigenvalue weighted by Gasteiger charge is -2.33. The number of nitrogens with zero attached hydrogens (tertiary/aromatic N) is 4. The van der Waals surface area contributed by atoms with E-state index in [9.17, 15) is 18.0 Å². The van der Waals surface area contributed by atoms with E-state index in [0.29, 0.717) is 38.3 Å². The number of aromatic nitrogens is 2. The number of hydrogen-bond acceptors (Lipinski definition) is 7. The van der Waals surface area contributed by atoms with Crippen molar-refractivity contribution < 1.29 is 18.0 Å². The van der Waals surface area contributed by atoms with Crippen molar-refractivity contribution in [2.24, 2.45) is 12.8 Å². The number of halogens is 1. The number of aryl methyl sites for hydroxylation is 1. The normalized spacial score (nSPS) is 22.9. The van der Waals surface area contributed by atoms with Gasteiger partial charge in [0, 0.05) is 38.0 Å². The second kappa shape index (κ2) is 12.0. The second-order valence-corrected chi connectivity index (χ2v) is 12.9. The third kappa shape index (κ3) is 6.22. The Hall–Kier alpha value is -2.05. The van der Waals surface area contributed by atoms with Gasteiger partial charge in [-0.3, -0.25) is 19.6 Å². The molecule has 1 unspecified atom stereocenters. The summed E-state index contributed by atoms with van der Waals surface area (Å²) in [6, 6.07) is 6.53. The first-order valence-corrected chi connectivity index (χ1v) is 15.1. The van der Waals surface area contributed by atoms with Crippen molar-refractivity contribution in [1.29, 1.82) is 0 Å². The van der Waals surface area contributed by atoms with Gasteiger partial charge in [0.2, 0.25) is 21.8 Å². The first-order chi connectivity index (χ1) is 17.7. The van der Waals surface area contributed by atoms with Crippen LogP contribution in [0.3, 0.4) is 0 Å². The van der Waals surface area contributed by atoms with Crippen LogP contribution in [0.1, 0.15) is 68.0 Å². The molecular weight excluding hydrogens is 528 g/mol. The van der Waals surface area contributed by atoms with Gasteiger partial charge in [0.25, 0.3) is 0 Å². The molecule has 2 aromatic rings. The van der Waals surface area contributed by atoms with Gasteiger partial charge < -0.3 is 10.6 Å². The number of imide groups is 1. The Labute approximate surface area is 230 Å². The molecule has 3 N–H and O–H groups in total. The molecule has 3 fully saturated rings. The Bertz CT molecular complexity index is 1270. The average Bonchev–Trinajstić information content (AvgIpc) is 3.20. The maximum Gasteiger partial charge on any atom is 0.235 e. The standard InChI is InChI=1S/C26H38N6O4S.ClH/c1-30-23-17-19(3-4-21(23)25(29-30)22-5-6-24(33)28-26(22)34)18-7-12-31(13-8-18)11-2-16-37(35,36)32-14-9-20(27)10-15-32;/h3-4,17-18,20,22H,2,5-16,27H2,1H3,(H,28,33,34);1H. The number of rotatable bonds is 7. The molecule has 0 aliphatic carbocycles. The molecule has 1 aromatic carbocycles. The molecule has 1 aromatic heterocycles. The average molecular weight is 567 g/mol. The van der Waals surface area contributed by atoms with E-state index in [1.807, 2.05) is 11.7 Å². The van der Waals surface area contributed by atoms with E-state index in [4.69, 9.17) is 5.73 Å². The summed E-state index contributed by atoms with van der Waals surface area (Å²) in [5.41, 5.74) is 8.93. The Morgan fingerprint density at radius 2 is 1.76 bits per heavy atom. The minimum Gasteiger partial charge on any atom is -0.328 e. The zero-order valence-electron chi connectivity index (χ0n) is 22.0. The fourth-order valence-corrected chi connectivity index (χ4v) is 7.53. The molecule has 4 heterocycles. The molecule has 2 amide bonds. The Kier molecular flexibility index (Phi) is 9.14. The lowest BCUT2D eigenvalue weighted by Crippen LogP contribution is -2.44. The van der Waals surface area contributed by atoms with Crippen LogP contribution in [0, 0.1) is 0 Å². The van der Waals surface area contributed by atoms with Crippen LogP contribution in [0.15, 0.2) is 18.2 Å². The molecule has 0 saturated carbocycles. The number of amides is 2. The van der Waals surface area contributed by atoms with Crippen molar-refractivity contribution >= 4 is 45.1 Å². The number of fused-ring (bicyclic) bond motifs is 1. The molecule has 0 spiro atoms. The first-order valence-electron chi connectivity index (χ1n) is 13.5. The smallest absolute Gasteiger partial charge is 0.235 e. The highest BCUT2D eigenvalue weighted by atomic mass is 35.5. The molecule has 0 bridgehead atoms. The Morgan fingerprint density at radius 3 is 2.45 bits per heavy atom. The van der Waals surface area contributed by atoms with Crippen molar-refractivity contribution in [2.75, 3.05) is 38.5 Å². The number of carbonyl (C=O) groups is 2. The van der Waals surface area contributed by atoms with Crippen molar-refractivity contribution in [3.8, 4) is 0 Å². The monoisotopic (exact) mass is 566 g/mol. The lowest BCUT2D eigenvalue weighted by atomic mass is 9.88. The van der Waals surface area contributed by atoms with Gasteiger partial charge in [0.15, 0.2) is 0 Å². The van der Waals surface area contributed by atoms with Gasteiger partial charge in [-0.05, 0) is 75.7 Å². The minimum atomic E-state index is -3.20. The van der Waals surface area contributed by atoms with Crippen LogP contribution in [0.2, 0.25) is 0 Å². The topological polar surface area (TPSA) is 131 Å². The third-order valence-electron chi connectivity index (χ3n) is 8.30. The highest BCUT2D eigenvalue weighted by molar-refractivity contribution is 7.89. The van der Waals surface area contributed by atoms with E-state index in [-0.39, 0.29) is 36.0 Å². The molecular formula is C26H39ClN6O4S. The quantitative estimate of drug-likeness (QED) is 0.489. The molecule has 210 valence electrons. The summed E-state index contributed by atoms with van der Waals surface area (Å²) in [5, 5.41) is 8.06. The predicted molar refractivity (Wildman–Crippen MR) is 149 cm³/mol. The summed E-state index contributed by atoms with van der Waals surface area (Å²) in [5.74, 6) is -0.235. The fraction of sp³-hybridized carbons (Fsp3) is 0.654. The summed E-state index contributed by atoms with van der Waals surface area (Å²) in [7, 11) is -1.30. The maximum absolute atomic E-state index is 12.7. The number of likely N-dealkylation sites (tertiary alicyclic amines) is 1. The van der Waals surface area contributed by atoms with Crippen LogP contribution in [-0.2, 0) is 26.7 Å². The highest BCUT2D eigenvalue weighted by Gasteiger charge is 2.32. The number of carbonyl (C=O) groups excluding carboxylic acids is 2. The molecule has 1 atom stereocenters. The fourth-order valence-electron chi connectivity index (χ4n) is 6.01. The van der Waals surface area contributed by atoms with Crippen molar-refractivity contribution in [3.05, 3.63) is 29.5 Å². The predicted octanol–water partition coefficient (Wildman–Crippen LogP) is 1.84. The molecule has 5 rings (SSSR count). The molecule has 3 aliphatic heterocycles. The van der Waals surface area contributed by atoms with Crippen LogP contribution in [0.4, 0.5) is 0 Å². The molecule has 3 saturated heterocycles. The van der Waals surface area contributed by atoms with Crippen LogP contribution in [0.5, 0.6) is 0 Å². The van der Waals surface area contributed by atoms with Gasteiger partial charge in [0.05, 0.1) is 22.9 Å². The summed E-state index contributed by atoms with van der Waals surface area (Å²) in [4.78, 5) is 26.3. The van der Waals surface area contributed by atoms with E-state index in [2.05, 4.69) is 33.5 Å². The number of hydrogen-bond donors (Lipinski definition) is 2. The number of sulfonamides is 1. The van der Waals surface area contributed by atoms with E-state index in [1.54, 1.807) is 4.31 Å². The lowest BCUT2D eigenvalue weighted by molar-refractivity contribution is -0.134. The summed E-state index contributed by atoms with van der Waals surface area (Å²) in [6.07, 6.45) is 5.03. The van der Waals surface area contributed by atoms with Gasteiger partial charge in [-0.15, -0.1) is 12.4 Å². The number of piperidine rings is 3. The number of nitrogens with two attached hydrogens (primary N) is 1. The minimum absolute atomic E-state index is 0. The van der Waals surface area contributed by atoms with Gasteiger partial charge >= 0.3 is 0 Å². The molecule has 0 radical (unpaired) electrons. The van der Waals surface area contributed by atoms with Crippen molar-refractivity contribution in [1.82, 2.24) is 24.3 Å². The van der Waals surface area contributed by atoms with Gasteiger partial charge in [0.1, 0.15) is 0 Å². The van der Waals surface area contributed by atoms with Gasteiger partial charge in [-0.1, -0.05) is 12.1 Å². The zero-order valence-corrected chi connectivity index (χ0v) is 23.6. The SMILES string of the molecule is Cl.Cn1nc(C2CCC(=O)NC2=O)c2ccc(C3CCN(CCCS(=O)(=O)N4CCC(N)CC4)CC3)cc21. The summed E-state index contributed by atoms with van der Waals surface area (Å²) in [6.45, 7) is 3.80. The van der Waals surface area contributed by atoms with Gasteiger partial charge in [-0.25, -0.2) is 12.7 Å². The van der Waals surface area contributed by atoms with Crippen LogP contribution < -0.4 is 11.1 Å². The van der Waals surface area contributed by atoms with Crippen molar-refractivity contribution in [2.45, 2.75) is 62.8 Å². The van der Waals surface area contributed by atoms with E-state index >= 15 is 0 Å². The molecule has 38 heavy (non-hydrogen) atoms. The van der Waals surface area contributed by atoms with E-state index < -0.39 is 15.9 Å². The van der Waals surface area contributed by atoms with E-state index in [1.165, 1.54) is 5.56 Å². The van der Waals surface area contributed by atoms with E-state index in [0.717, 1.165) is 61.9 Å². The maximum atomic E-state index is 12.7. The number of benzene rings is 1. The van der Waals surface area contributed by atoms with Crippen LogP contribution >= 0.6 is 12.4 Å². The zero-order chi connectivity index (χ0) is 26.2. The molecule has 3 aliphatic rings. The summed E-state index contributed by atoms with van der Waals surface area (Å²) >= 11 is 0. The van der Waals surface area contributed by atoms with Crippen LogP contribution in [-0.4, -0.2) is 83.7 Å². The second-order valence-electron chi connectivity index (χ2n) is 10.8. The summed E-state index contributed by atoms with van der Waals surface area (Å²) < 4.78 is 28.8. The first kappa shape index (κ1) is 28.9. The Balaban J connectivity index is 0.00000336. The Morgan fingerprint density at radius 1 is 1.05 bits per heavy atom. The third-order valence-corrected chi connectivity index (χ3v) is 10.3. The molecule has 12 heteroatoms. The highest BCUT2D eigenvalue weighted by Crippen LogP contribution is 2.34.